The summed E-state index contributed by atoms with van der Waals surface area (Å²) in [4.78, 5) is 51.4. The SMILES string of the molecule is CN1C(=O)CCC(n2c(=O)n(C)c3cc(C4CCN(CC(=O)O)CC4)ccc32)C1=O. The molecular formula is C21H26N4O5. The van der Waals surface area contributed by atoms with Crippen LogP contribution in [-0.4, -0.2) is 68.5 Å². The Hall–Kier alpha value is -2.94. The normalized spacial score (nSPS) is 21.5. The molecule has 0 bridgehead atoms. The summed E-state index contributed by atoms with van der Waals surface area (Å²) in [6.45, 7) is 1.52. The van der Waals surface area contributed by atoms with E-state index in [2.05, 4.69) is 0 Å². The summed E-state index contributed by atoms with van der Waals surface area (Å²) in [6.07, 6.45) is 2.29. The quantitative estimate of drug-likeness (QED) is 0.746. The number of hydrogen-bond acceptors (Lipinski definition) is 5. The summed E-state index contributed by atoms with van der Waals surface area (Å²) in [5.74, 6) is -1.08. The number of carboxylic acids is 1. The Morgan fingerprint density at radius 2 is 1.77 bits per heavy atom. The zero-order valence-electron chi connectivity index (χ0n) is 17.2. The van der Waals surface area contributed by atoms with E-state index in [0.717, 1.165) is 41.9 Å². The maximum Gasteiger partial charge on any atom is 0.329 e. The summed E-state index contributed by atoms with van der Waals surface area (Å²) in [5.41, 5.74) is 2.31. The molecule has 4 rings (SSSR count). The average Bonchev–Trinajstić information content (AvgIpc) is 2.97. The van der Waals surface area contributed by atoms with E-state index in [0.29, 0.717) is 17.9 Å². The third kappa shape index (κ3) is 3.43. The summed E-state index contributed by atoms with van der Waals surface area (Å²) >= 11 is 0. The molecule has 1 atom stereocenters. The lowest BCUT2D eigenvalue weighted by atomic mass is 9.89. The van der Waals surface area contributed by atoms with E-state index in [-0.39, 0.29) is 30.5 Å². The summed E-state index contributed by atoms with van der Waals surface area (Å²) < 4.78 is 3.07. The number of carbonyl (C=O) groups is 3. The highest BCUT2D eigenvalue weighted by molar-refractivity contribution is 5.99. The Morgan fingerprint density at radius 1 is 1.07 bits per heavy atom. The van der Waals surface area contributed by atoms with Gasteiger partial charge in [0.2, 0.25) is 5.91 Å². The molecule has 1 unspecified atom stereocenters. The van der Waals surface area contributed by atoms with Crippen molar-refractivity contribution in [3.05, 3.63) is 34.2 Å². The van der Waals surface area contributed by atoms with E-state index in [9.17, 15) is 19.2 Å². The first-order valence-corrected chi connectivity index (χ1v) is 10.2. The number of carbonyl (C=O) groups excluding carboxylic acids is 2. The van der Waals surface area contributed by atoms with E-state index in [1.165, 1.54) is 11.6 Å². The number of imidazole rings is 1. The number of nitrogens with zero attached hydrogens (tertiary/aromatic N) is 4. The first-order chi connectivity index (χ1) is 14.3. The number of hydrogen-bond donors (Lipinski definition) is 1. The number of likely N-dealkylation sites (N-methyl/N-ethyl adjacent to an activating group) is 1. The number of fused-ring (bicyclic) bond motifs is 1. The van der Waals surface area contributed by atoms with Crippen molar-refractivity contribution in [1.82, 2.24) is 18.9 Å². The number of benzene rings is 1. The lowest BCUT2D eigenvalue weighted by Gasteiger charge is -2.31. The number of rotatable bonds is 4. The molecular weight excluding hydrogens is 388 g/mol. The topological polar surface area (TPSA) is 105 Å². The molecule has 2 aliphatic rings. The van der Waals surface area contributed by atoms with Gasteiger partial charge in [-0.2, -0.15) is 0 Å². The van der Waals surface area contributed by atoms with E-state index in [1.54, 1.807) is 11.6 Å². The molecule has 9 nitrogen and oxygen atoms in total. The van der Waals surface area contributed by atoms with Crippen LogP contribution < -0.4 is 5.69 Å². The predicted molar refractivity (Wildman–Crippen MR) is 109 cm³/mol. The number of aliphatic carboxylic acids is 1. The Balaban J connectivity index is 1.63. The lowest BCUT2D eigenvalue weighted by Crippen LogP contribution is -2.45. The van der Waals surface area contributed by atoms with Crippen LogP contribution in [0.2, 0.25) is 0 Å². The summed E-state index contributed by atoms with van der Waals surface area (Å²) in [6, 6.07) is 5.22. The highest BCUT2D eigenvalue weighted by Crippen LogP contribution is 2.31. The number of carboxylic acid groups (broad SMARTS) is 1. The Bertz CT molecular complexity index is 1080. The maximum absolute atomic E-state index is 13.0. The Labute approximate surface area is 173 Å². The van der Waals surface area contributed by atoms with Crippen LogP contribution in [0.1, 0.15) is 43.2 Å². The number of imide groups is 1. The number of aromatic nitrogens is 2. The van der Waals surface area contributed by atoms with Crippen LogP contribution in [0.4, 0.5) is 0 Å². The van der Waals surface area contributed by atoms with Gasteiger partial charge in [-0.05, 0) is 56.0 Å². The number of amides is 2. The fraction of sp³-hybridized carbons (Fsp3) is 0.524. The molecule has 2 fully saturated rings. The van der Waals surface area contributed by atoms with Crippen molar-refractivity contribution < 1.29 is 19.5 Å². The van der Waals surface area contributed by atoms with Crippen LogP contribution in [0.3, 0.4) is 0 Å². The zero-order valence-corrected chi connectivity index (χ0v) is 17.2. The third-order valence-corrected chi connectivity index (χ3v) is 6.46. The van der Waals surface area contributed by atoms with Gasteiger partial charge < -0.3 is 5.11 Å². The monoisotopic (exact) mass is 414 g/mol. The Morgan fingerprint density at radius 3 is 2.43 bits per heavy atom. The zero-order chi connectivity index (χ0) is 21.6. The van der Waals surface area contributed by atoms with Crippen LogP contribution in [0.15, 0.2) is 23.0 Å². The van der Waals surface area contributed by atoms with E-state index >= 15 is 0 Å². The number of likely N-dealkylation sites (tertiary alicyclic amines) is 2. The molecule has 0 saturated carbocycles. The molecule has 160 valence electrons. The van der Waals surface area contributed by atoms with Gasteiger partial charge in [0.25, 0.3) is 5.91 Å². The minimum Gasteiger partial charge on any atom is -0.480 e. The molecule has 0 spiro atoms. The minimum atomic E-state index is -0.809. The molecule has 0 aliphatic carbocycles. The first-order valence-electron chi connectivity index (χ1n) is 10.2. The highest BCUT2D eigenvalue weighted by Gasteiger charge is 2.35. The summed E-state index contributed by atoms with van der Waals surface area (Å²) in [5, 5.41) is 8.96. The molecule has 1 N–H and O–H groups in total. The molecule has 2 saturated heterocycles. The van der Waals surface area contributed by atoms with Gasteiger partial charge in [0, 0.05) is 20.5 Å². The summed E-state index contributed by atoms with van der Waals surface area (Å²) in [7, 11) is 3.16. The fourth-order valence-electron chi connectivity index (χ4n) is 4.69. The van der Waals surface area contributed by atoms with Crippen molar-refractivity contribution >= 4 is 28.8 Å². The first kappa shape index (κ1) is 20.3. The standard InChI is InChI=1S/C21H26N4O5/c1-22-17-11-14(13-7-9-24(10-8-13)12-19(27)28)3-4-15(17)25(21(22)30)16-5-6-18(26)23(2)20(16)29/h3-4,11,13,16H,5-10,12H2,1-2H3,(H,27,28). The molecule has 2 aromatic rings. The van der Waals surface area contributed by atoms with Crippen LogP contribution in [0.5, 0.6) is 0 Å². The molecule has 1 aromatic heterocycles. The molecule has 2 aliphatic heterocycles. The van der Waals surface area contributed by atoms with E-state index in [1.807, 2.05) is 23.1 Å². The lowest BCUT2D eigenvalue weighted by molar-refractivity contribution is -0.149. The molecule has 30 heavy (non-hydrogen) atoms. The van der Waals surface area contributed by atoms with Gasteiger partial charge >= 0.3 is 11.7 Å². The van der Waals surface area contributed by atoms with Crippen LogP contribution in [-0.2, 0) is 21.4 Å². The van der Waals surface area contributed by atoms with Crippen LogP contribution in [0.25, 0.3) is 11.0 Å². The second kappa shape index (κ2) is 7.71. The van der Waals surface area contributed by atoms with E-state index in [4.69, 9.17) is 5.11 Å². The predicted octanol–water partition coefficient (Wildman–Crippen LogP) is 0.924. The second-order valence-corrected chi connectivity index (χ2v) is 8.25. The van der Waals surface area contributed by atoms with Crippen molar-refractivity contribution in [1.29, 1.82) is 0 Å². The van der Waals surface area contributed by atoms with Gasteiger partial charge in [0.05, 0.1) is 17.6 Å². The van der Waals surface area contributed by atoms with Crippen molar-refractivity contribution in [2.24, 2.45) is 7.05 Å². The van der Waals surface area contributed by atoms with Crippen molar-refractivity contribution in [3.63, 3.8) is 0 Å². The number of aryl methyl sites for hydroxylation is 1. The molecule has 2 amide bonds. The second-order valence-electron chi connectivity index (χ2n) is 8.25. The average molecular weight is 414 g/mol. The number of piperidine rings is 2. The molecule has 1 aromatic carbocycles. The molecule has 0 radical (unpaired) electrons. The van der Waals surface area contributed by atoms with Crippen molar-refractivity contribution in [3.8, 4) is 0 Å². The highest BCUT2D eigenvalue weighted by atomic mass is 16.4. The van der Waals surface area contributed by atoms with Crippen LogP contribution >= 0.6 is 0 Å². The molecule has 9 heteroatoms. The fourth-order valence-corrected chi connectivity index (χ4v) is 4.69. The Kier molecular flexibility index (Phi) is 5.23. The van der Waals surface area contributed by atoms with E-state index < -0.39 is 12.0 Å². The van der Waals surface area contributed by atoms with Gasteiger partial charge in [0.15, 0.2) is 0 Å². The van der Waals surface area contributed by atoms with Gasteiger partial charge in [-0.15, -0.1) is 0 Å². The largest absolute Gasteiger partial charge is 0.480 e. The third-order valence-electron chi connectivity index (χ3n) is 6.46. The van der Waals surface area contributed by atoms with Crippen molar-refractivity contribution in [2.45, 2.75) is 37.6 Å². The minimum absolute atomic E-state index is 0.0650. The van der Waals surface area contributed by atoms with Gasteiger partial charge in [-0.1, -0.05) is 6.07 Å². The van der Waals surface area contributed by atoms with Gasteiger partial charge in [-0.3, -0.25) is 33.3 Å². The smallest absolute Gasteiger partial charge is 0.329 e. The molecule has 3 heterocycles. The van der Waals surface area contributed by atoms with Gasteiger partial charge in [-0.25, -0.2) is 4.79 Å². The van der Waals surface area contributed by atoms with Crippen LogP contribution in [0, 0.1) is 0 Å². The maximum atomic E-state index is 13.0. The van der Waals surface area contributed by atoms with Crippen molar-refractivity contribution in [2.75, 3.05) is 26.7 Å². The van der Waals surface area contributed by atoms with Gasteiger partial charge in [0.1, 0.15) is 6.04 Å².